The van der Waals surface area contributed by atoms with E-state index in [0.29, 0.717) is 35.6 Å². The highest BCUT2D eigenvalue weighted by Gasteiger charge is 2.50. The Labute approximate surface area is 272 Å². The molecule has 0 spiro atoms. The smallest absolute Gasteiger partial charge is 0.339 e. The number of hydrogen-bond donors (Lipinski definition) is 4. The number of nitrogens with one attached hydrogen (secondary N) is 2. The lowest BCUT2D eigenvalue weighted by Crippen LogP contribution is -2.57. The largest absolute Gasteiger partial charge is 0.399 e. The first kappa shape index (κ1) is 33.8. The minimum Gasteiger partial charge on any atom is -0.339 e. The number of anilines is 1. The Kier molecular flexibility index (Phi) is 9.49. The van der Waals surface area contributed by atoms with E-state index in [2.05, 4.69) is 15.6 Å². The summed E-state index contributed by atoms with van der Waals surface area (Å²) in [7, 11) is -5.77. The van der Waals surface area contributed by atoms with Gasteiger partial charge < -0.3 is 25.3 Å². The average molecular weight is 691 g/mol. The standard InChI is InChI=1S/C31H33F2N4O6PS2/c1-30(2,3)25(35-27(39)24-16-19-15-20(11-12-23(19)46-24)31(32,33)44(41,42)43)28(40)37-13-7-10-22(37)26(38)36-29-34-17-21(45-29)14-18-8-5-4-6-9-18/h4-6,8-9,11-12,15-17,22,25H,7,10,13-14H2,1-3H3,(H,35,39)(H,34,36,38)(H2,41,42,43)/t22-,25?/m0/s1. The predicted octanol–water partition coefficient (Wildman–Crippen LogP) is 5.95. The molecule has 5 rings (SSSR count). The van der Waals surface area contributed by atoms with Gasteiger partial charge >= 0.3 is 13.3 Å². The van der Waals surface area contributed by atoms with E-state index in [1.807, 2.05) is 30.3 Å². The van der Waals surface area contributed by atoms with Gasteiger partial charge in [-0.15, -0.1) is 22.7 Å². The summed E-state index contributed by atoms with van der Waals surface area (Å²) in [5.74, 6) is -1.41. The number of rotatable bonds is 9. The quantitative estimate of drug-likeness (QED) is 0.159. The molecule has 1 aliphatic rings. The van der Waals surface area contributed by atoms with Crippen molar-refractivity contribution in [2.24, 2.45) is 5.41 Å². The molecule has 244 valence electrons. The zero-order valence-corrected chi connectivity index (χ0v) is 27.7. The lowest BCUT2D eigenvalue weighted by atomic mass is 9.85. The maximum atomic E-state index is 14.3. The summed E-state index contributed by atoms with van der Waals surface area (Å²) in [4.78, 5) is 65.8. The molecule has 2 atom stereocenters. The Morgan fingerprint density at radius 1 is 1.09 bits per heavy atom. The van der Waals surface area contributed by atoms with Crippen LogP contribution in [0.5, 0.6) is 0 Å². The fourth-order valence-corrected chi connectivity index (χ4v) is 7.53. The molecular weight excluding hydrogens is 657 g/mol. The Balaban J connectivity index is 1.29. The van der Waals surface area contributed by atoms with Crippen molar-refractivity contribution in [2.45, 2.75) is 57.8 Å². The summed E-state index contributed by atoms with van der Waals surface area (Å²) in [5.41, 5.74) is -4.90. The number of thiazole rings is 1. The second-order valence-corrected chi connectivity index (χ2v) is 16.0. The van der Waals surface area contributed by atoms with Gasteiger partial charge in [-0.1, -0.05) is 57.2 Å². The third-order valence-electron chi connectivity index (χ3n) is 7.69. The number of nitrogens with zero attached hydrogens (tertiary/aromatic N) is 2. The number of carbonyl (C=O) groups excluding carboxylic acids is 3. The predicted molar refractivity (Wildman–Crippen MR) is 173 cm³/mol. The molecule has 3 amide bonds. The van der Waals surface area contributed by atoms with Gasteiger partial charge in [0.15, 0.2) is 5.13 Å². The highest BCUT2D eigenvalue weighted by Crippen LogP contribution is 2.59. The maximum absolute atomic E-state index is 14.3. The van der Waals surface area contributed by atoms with Gasteiger partial charge in [0.25, 0.3) is 5.91 Å². The third kappa shape index (κ3) is 7.21. The first-order chi connectivity index (χ1) is 21.5. The molecule has 4 N–H and O–H groups in total. The van der Waals surface area contributed by atoms with E-state index < -0.39 is 48.1 Å². The maximum Gasteiger partial charge on any atom is 0.399 e. The average Bonchev–Trinajstić information content (AvgIpc) is 3.74. The van der Waals surface area contributed by atoms with Crippen LogP contribution < -0.4 is 10.6 Å². The minimum absolute atomic E-state index is 0.125. The molecule has 0 radical (unpaired) electrons. The van der Waals surface area contributed by atoms with E-state index in [0.717, 1.165) is 33.9 Å². The van der Waals surface area contributed by atoms with E-state index in [-0.39, 0.29) is 16.2 Å². The van der Waals surface area contributed by atoms with Gasteiger partial charge in [-0.3, -0.25) is 18.9 Å². The number of benzene rings is 2. The fourth-order valence-electron chi connectivity index (χ4n) is 5.26. The van der Waals surface area contributed by atoms with Crippen molar-refractivity contribution >= 4 is 63.2 Å². The second kappa shape index (κ2) is 12.9. The van der Waals surface area contributed by atoms with E-state index in [1.165, 1.54) is 28.4 Å². The van der Waals surface area contributed by atoms with Crippen molar-refractivity contribution in [1.29, 1.82) is 0 Å². The van der Waals surface area contributed by atoms with Crippen LogP contribution in [0.3, 0.4) is 0 Å². The summed E-state index contributed by atoms with van der Waals surface area (Å²) in [5, 5.41) is 6.26. The molecule has 1 aliphatic heterocycles. The monoisotopic (exact) mass is 690 g/mol. The summed E-state index contributed by atoms with van der Waals surface area (Å²) in [6.07, 6.45) is 3.44. The van der Waals surface area contributed by atoms with Crippen molar-refractivity contribution in [3.63, 3.8) is 0 Å². The number of carbonyl (C=O) groups is 3. The molecule has 1 fully saturated rings. The van der Waals surface area contributed by atoms with Gasteiger partial charge in [-0.2, -0.15) is 8.78 Å². The molecule has 0 aliphatic carbocycles. The van der Waals surface area contributed by atoms with E-state index in [1.54, 1.807) is 27.0 Å². The van der Waals surface area contributed by atoms with Crippen LogP contribution >= 0.6 is 30.3 Å². The first-order valence-electron chi connectivity index (χ1n) is 14.4. The summed E-state index contributed by atoms with van der Waals surface area (Å²) in [6, 6.07) is 12.6. The molecular formula is C31H33F2N4O6PS2. The van der Waals surface area contributed by atoms with Crippen LogP contribution in [-0.2, 0) is 26.2 Å². The van der Waals surface area contributed by atoms with Crippen LogP contribution in [0.4, 0.5) is 13.9 Å². The number of thiophene rings is 1. The number of hydrogen-bond acceptors (Lipinski definition) is 7. The number of aromatic nitrogens is 1. The summed E-state index contributed by atoms with van der Waals surface area (Å²) >= 11 is 2.36. The van der Waals surface area contributed by atoms with E-state index in [9.17, 15) is 27.7 Å². The van der Waals surface area contributed by atoms with Crippen LogP contribution in [-0.4, -0.2) is 56.0 Å². The third-order valence-corrected chi connectivity index (χ3v) is 10.7. The Hall–Kier alpha value is -3.55. The number of likely N-dealkylation sites (tertiary alicyclic amines) is 1. The van der Waals surface area contributed by atoms with E-state index >= 15 is 0 Å². The van der Waals surface area contributed by atoms with Crippen LogP contribution in [0, 0.1) is 5.41 Å². The van der Waals surface area contributed by atoms with Crippen LogP contribution in [0.25, 0.3) is 10.1 Å². The Bertz CT molecular complexity index is 1820. The van der Waals surface area contributed by atoms with Crippen molar-refractivity contribution in [3.8, 4) is 0 Å². The Morgan fingerprint density at radius 2 is 1.80 bits per heavy atom. The minimum atomic E-state index is -5.77. The van der Waals surface area contributed by atoms with Crippen molar-refractivity contribution in [2.75, 3.05) is 11.9 Å². The first-order valence-corrected chi connectivity index (χ1v) is 17.7. The van der Waals surface area contributed by atoms with Crippen LogP contribution in [0.15, 0.2) is 60.8 Å². The molecule has 2 aromatic carbocycles. The molecule has 15 heteroatoms. The second-order valence-electron chi connectivity index (χ2n) is 12.2. The SMILES string of the molecule is CC(C)(C)C(NC(=O)c1cc2cc(C(F)(F)P(=O)(O)O)ccc2s1)C(=O)N1CCC[C@H]1C(=O)Nc1ncc(Cc2ccccc2)s1. The van der Waals surface area contributed by atoms with Crippen molar-refractivity contribution in [1.82, 2.24) is 15.2 Å². The molecule has 1 unspecified atom stereocenters. The molecule has 2 aromatic heterocycles. The van der Waals surface area contributed by atoms with Gasteiger partial charge in [0.1, 0.15) is 12.1 Å². The number of alkyl halides is 2. The van der Waals surface area contributed by atoms with Gasteiger partial charge in [0.05, 0.1) is 4.88 Å². The summed E-state index contributed by atoms with van der Waals surface area (Å²) < 4.78 is 40.3. The van der Waals surface area contributed by atoms with E-state index in [4.69, 9.17) is 9.79 Å². The van der Waals surface area contributed by atoms with Crippen molar-refractivity contribution < 1.29 is 37.5 Å². The van der Waals surface area contributed by atoms with Gasteiger partial charge in [-0.25, -0.2) is 4.98 Å². The fraction of sp³-hybridized carbons (Fsp3) is 0.355. The van der Waals surface area contributed by atoms with Crippen molar-refractivity contribution in [3.05, 3.63) is 81.7 Å². The van der Waals surface area contributed by atoms with Crippen LogP contribution in [0.2, 0.25) is 0 Å². The van der Waals surface area contributed by atoms with Gasteiger partial charge in [-0.05, 0) is 47.4 Å². The number of amides is 3. The van der Waals surface area contributed by atoms with Gasteiger partial charge in [0, 0.05) is 34.3 Å². The normalized spacial score (nSPS) is 16.4. The molecule has 10 nitrogen and oxygen atoms in total. The number of halogens is 2. The molecule has 3 heterocycles. The zero-order valence-electron chi connectivity index (χ0n) is 25.2. The molecule has 0 bridgehead atoms. The highest BCUT2D eigenvalue weighted by atomic mass is 32.1. The number of fused-ring (bicyclic) bond motifs is 1. The molecule has 0 saturated carbocycles. The topological polar surface area (TPSA) is 149 Å². The molecule has 1 saturated heterocycles. The Morgan fingerprint density at radius 3 is 2.48 bits per heavy atom. The zero-order chi connectivity index (χ0) is 33.4. The van der Waals surface area contributed by atoms with Gasteiger partial charge in [0.2, 0.25) is 11.8 Å². The van der Waals surface area contributed by atoms with Crippen LogP contribution in [0.1, 0.15) is 59.3 Å². The lowest BCUT2D eigenvalue weighted by molar-refractivity contribution is -0.140. The highest BCUT2D eigenvalue weighted by molar-refractivity contribution is 7.52. The lowest BCUT2D eigenvalue weighted by Gasteiger charge is -2.35. The summed E-state index contributed by atoms with van der Waals surface area (Å²) in [6.45, 7) is 5.68. The molecule has 46 heavy (non-hydrogen) atoms. The molecule has 4 aromatic rings.